The fraction of sp³-hybridized carbons (Fsp3) is 0.538. The van der Waals surface area contributed by atoms with Crippen molar-refractivity contribution in [2.75, 3.05) is 19.0 Å². The summed E-state index contributed by atoms with van der Waals surface area (Å²) in [7, 11) is 1.71. The molecule has 4 heteroatoms. The number of rotatable bonds is 8. The summed E-state index contributed by atoms with van der Waals surface area (Å²) in [6.07, 6.45) is 3.75. The monoisotopic (exact) mass is 363 g/mol. The minimum atomic E-state index is 0.858. The van der Waals surface area contributed by atoms with Gasteiger partial charge in [-0.25, -0.2) is 0 Å². The van der Waals surface area contributed by atoms with E-state index < -0.39 is 0 Å². The van der Waals surface area contributed by atoms with E-state index in [1.165, 1.54) is 24.8 Å². The van der Waals surface area contributed by atoms with Crippen molar-refractivity contribution in [3.8, 4) is 5.75 Å². The molecule has 1 N–H and O–H groups in total. The Kier molecular flexibility index (Phi) is 7.90. The zero-order valence-electron chi connectivity index (χ0n) is 10.1. The fourth-order valence-corrected chi connectivity index (χ4v) is 2.43. The second-order valence-electron chi connectivity index (χ2n) is 3.88. The number of hydrogen-bond donors (Lipinski definition) is 1. The molecule has 1 rings (SSSR count). The van der Waals surface area contributed by atoms with E-state index in [2.05, 4.69) is 43.2 Å². The van der Waals surface area contributed by atoms with E-state index in [1.54, 1.807) is 7.11 Å². The van der Waals surface area contributed by atoms with Gasteiger partial charge in [-0.15, -0.1) is 0 Å². The Bertz CT molecular complexity index is 331. The summed E-state index contributed by atoms with van der Waals surface area (Å²) in [6, 6.07) is 6.09. The van der Waals surface area contributed by atoms with Crippen LogP contribution in [0.4, 0.5) is 0 Å². The number of alkyl halides is 1. The van der Waals surface area contributed by atoms with Crippen LogP contribution in [0.1, 0.15) is 24.8 Å². The van der Waals surface area contributed by atoms with Crippen molar-refractivity contribution in [1.29, 1.82) is 0 Å². The van der Waals surface area contributed by atoms with Gasteiger partial charge in [-0.3, -0.25) is 0 Å². The van der Waals surface area contributed by atoms with Gasteiger partial charge in [0, 0.05) is 21.9 Å². The summed E-state index contributed by atoms with van der Waals surface area (Å²) in [5, 5.41) is 4.55. The lowest BCUT2D eigenvalue weighted by Gasteiger charge is -2.10. The first kappa shape index (κ1) is 15.0. The van der Waals surface area contributed by atoms with Crippen LogP contribution in [-0.4, -0.2) is 19.0 Å². The second kappa shape index (κ2) is 8.95. The van der Waals surface area contributed by atoms with E-state index in [9.17, 15) is 0 Å². The van der Waals surface area contributed by atoms with Crippen LogP contribution in [0.3, 0.4) is 0 Å². The second-order valence-corrected chi connectivity index (χ2v) is 5.59. The molecule has 0 radical (unpaired) electrons. The molecule has 0 spiro atoms. The van der Waals surface area contributed by atoms with Crippen LogP contribution in [0.2, 0.25) is 0 Å². The van der Waals surface area contributed by atoms with E-state index in [-0.39, 0.29) is 0 Å². The van der Waals surface area contributed by atoms with Crippen LogP contribution in [0, 0.1) is 0 Å². The number of benzene rings is 1. The van der Waals surface area contributed by atoms with E-state index in [1.807, 2.05) is 12.1 Å². The van der Waals surface area contributed by atoms with Gasteiger partial charge in [0.2, 0.25) is 0 Å². The quantitative estimate of drug-likeness (QED) is 0.553. The lowest BCUT2D eigenvalue weighted by Crippen LogP contribution is -2.15. The van der Waals surface area contributed by atoms with Gasteiger partial charge in [-0.2, -0.15) is 0 Å². The first-order valence-corrected chi connectivity index (χ1v) is 7.78. The molecular formula is C13H19Br2NO. The zero-order valence-corrected chi connectivity index (χ0v) is 13.3. The minimum absolute atomic E-state index is 0.858. The Morgan fingerprint density at radius 2 is 2.06 bits per heavy atom. The van der Waals surface area contributed by atoms with Crippen molar-refractivity contribution in [3.05, 3.63) is 28.2 Å². The highest BCUT2D eigenvalue weighted by molar-refractivity contribution is 9.10. The van der Waals surface area contributed by atoms with Gasteiger partial charge in [0.1, 0.15) is 5.75 Å². The van der Waals surface area contributed by atoms with Crippen molar-refractivity contribution in [2.24, 2.45) is 0 Å². The van der Waals surface area contributed by atoms with Gasteiger partial charge in [0.25, 0.3) is 0 Å². The molecule has 0 bridgehead atoms. The van der Waals surface area contributed by atoms with Crippen molar-refractivity contribution in [2.45, 2.75) is 25.8 Å². The van der Waals surface area contributed by atoms with Crippen molar-refractivity contribution in [3.63, 3.8) is 0 Å². The van der Waals surface area contributed by atoms with Gasteiger partial charge in [-0.1, -0.05) is 38.3 Å². The summed E-state index contributed by atoms with van der Waals surface area (Å²) >= 11 is 6.92. The summed E-state index contributed by atoms with van der Waals surface area (Å²) in [5.41, 5.74) is 1.20. The van der Waals surface area contributed by atoms with Crippen LogP contribution in [-0.2, 0) is 6.54 Å². The molecule has 17 heavy (non-hydrogen) atoms. The molecule has 1 aromatic carbocycles. The Morgan fingerprint density at radius 1 is 1.24 bits per heavy atom. The first-order valence-electron chi connectivity index (χ1n) is 5.87. The molecule has 0 fully saturated rings. The molecular weight excluding hydrogens is 346 g/mol. The summed E-state index contributed by atoms with van der Waals surface area (Å²) in [4.78, 5) is 0. The molecule has 0 heterocycles. The van der Waals surface area contributed by atoms with Crippen molar-refractivity contribution in [1.82, 2.24) is 5.32 Å². The molecule has 0 aliphatic rings. The first-order chi connectivity index (χ1) is 8.27. The predicted molar refractivity (Wildman–Crippen MR) is 80.0 cm³/mol. The molecule has 0 saturated carbocycles. The maximum atomic E-state index is 5.33. The highest BCUT2D eigenvalue weighted by Gasteiger charge is 2.02. The Morgan fingerprint density at radius 3 is 2.76 bits per heavy atom. The maximum Gasteiger partial charge on any atom is 0.123 e. The van der Waals surface area contributed by atoms with Gasteiger partial charge in [-0.05, 0) is 37.6 Å². The standard InChI is InChI=1S/C13H19Br2NO/c1-17-13-6-5-12(15)9-11(13)10-16-8-4-2-3-7-14/h5-6,9,16H,2-4,7-8,10H2,1H3. The average Bonchev–Trinajstić information content (AvgIpc) is 2.34. The smallest absolute Gasteiger partial charge is 0.123 e. The van der Waals surface area contributed by atoms with E-state index in [0.29, 0.717) is 0 Å². The largest absolute Gasteiger partial charge is 0.496 e. The average molecular weight is 365 g/mol. The van der Waals surface area contributed by atoms with Crippen LogP contribution >= 0.6 is 31.9 Å². The third kappa shape index (κ3) is 5.89. The number of unbranched alkanes of at least 4 members (excludes halogenated alkanes) is 2. The molecule has 0 saturated heterocycles. The van der Waals surface area contributed by atoms with Crippen molar-refractivity contribution < 1.29 is 4.74 Å². The SMILES string of the molecule is COc1ccc(Br)cc1CNCCCCCBr. The van der Waals surface area contributed by atoms with Crippen LogP contribution in [0.5, 0.6) is 5.75 Å². The topological polar surface area (TPSA) is 21.3 Å². The van der Waals surface area contributed by atoms with Gasteiger partial charge in [0.15, 0.2) is 0 Å². The minimum Gasteiger partial charge on any atom is -0.496 e. The molecule has 0 atom stereocenters. The normalized spacial score (nSPS) is 10.5. The Hall–Kier alpha value is -0.0600. The molecule has 0 aliphatic heterocycles. The third-order valence-corrected chi connectivity index (χ3v) is 3.60. The number of hydrogen-bond acceptors (Lipinski definition) is 2. The van der Waals surface area contributed by atoms with Gasteiger partial charge >= 0.3 is 0 Å². The molecule has 0 aromatic heterocycles. The molecule has 1 aromatic rings. The van der Waals surface area contributed by atoms with Crippen molar-refractivity contribution >= 4 is 31.9 Å². The maximum absolute atomic E-state index is 5.33. The number of methoxy groups -OCH3 is 1. The Labute approximate surface area is 120 Å². The third-order valence-electron chi connectivity index (χ3n) is 2.55. The number of ether oxygens (including phenoxy) is 1. The number of halogens is 2. The van der Waals surface area contributed by atoms with Crippen LogP contribution in [0.25, 0.3) is 0 Å². The predicted octanol–water partition coefficient (Wildman–Crippen LogP) is 4.11. The van der Waals surface area contributed by atoms with Crippen LogP contribution in [0.15, 0.2) is 22.7 Å². The fourth-order valence-electron chi connectivity index (χ4n) is 1.63. The molecule has 2 nitrogen and oxygen atoms in total. The lowest BCUT2D eigenvalue weighted by atomic mass is 10.2. The summed E-state index contributed by atoms with van der Waals surface area (Å²) in [6.45, 7) is 1.92. The lowest BCUT2D eigenvalue weighted by molar-refractivity contribution is 0.407. The van der Waals surface area contributed by atoms with E-state index >= 15 is 0 Å². The van der Waals surface area contributed by atoms with E-state index in [4.69, 9.17) is 4.74 Å². The molecule has 0 aliphatic carbocycles. The zero-order chi connectivity index (χ0) is 12.5. The van der Waals surface area contributed by atoms with Gasteiger partial charge < -0.3 is 10.1 Å². The van der Waals surface area contributed by atoms with Crippen LogP contribution < -0.4 is 10.1 Å². The molecule has 0 unspecified atom stereocenters. The summed E-state index contributed by atoms with van der Waals surface area (Å²) < 4.78 is 6.42. The highest BCUT2D eigenvalue weighted by Crippen LogP contribution is 2.22. The number of nitrogens with one attached hydrogen (secondary N) is 1. The molecule has 0 amide bonds. The van der Waals surface area contributed by atoms with Gasteiger partial charge in [0.05, 0.1) is 7.11 Å². The van der Waals surface area contributed by atoms with E-state index in [0.717, 1.165) is 28.6 Å². The molecule has 96 valence electrons. The Balaban J connectivity index is 2.32. The summed E-state index contributed by atoms with van der Waals surface area (Å²) in [5.74, 6) is 0.946. The highest BCUT2D eigenvalue weighted by atomic mass is 79.9.